The summed E-state index contributed by atoms with van der Waals surface area (Å²) in [5.74, 6) is -0.879. The molecule has 27 heavy (non-hydrogen) atoms. The van der Waals surface area contributed by atoms with E-state index >= 15 is 0 Å². The first-order valence-corrected chi connectivity index (χ1v) is 8.53. The highest BCUT2D eigenvalue weighted by atomic mass is 19.1. The second-order valence-corrected chi connectivity index (χ2v) is 6.36. The van der Waals surface area contributed by atoms with Gasteiger partial charge in [-0.1, -0.05) is 36.4 Å². The summed E-state index contributed by atoms with van der Waals surface area (Å²) in [6.45, 7) is 2.39. The van der Waals surface area contributed by atoms with E-state index in [-0.39, 0.29) is 5.69 Å². The Balaban J connectivity index is 1.57. The molecule has 2 heterocycles. The Morgan fingerprint density at radius 3 is 2.70 bits per heavy atom. The number of benzene rings is 2. The van der Waals surface area contributed by atoms with Crippen LogP contribution in [0.25, 0.3) is 11.0 Å². The quantitative estimate of drug-likeness (QED) is 0.594. The van der Waals surface area contributed by atoms with Crippen LogP contribution in [0.2, 0.25) is 0 Å². The number of nitrogens with one attached hydrogen (secondary N) is 1. The minimum Gasteiger partial charge on any atom is -0.319 e. The van der Waals surface area contributed by atoms with Crippen molar-refractivity contribution in [1.29, 1.82) is 0 Å². The number of anilines is 1. The minimum absolute atomic E-state index is 0.144. The lowest BCUT2D eigenvalue weighted by Crippen LogP contribution is -2.13. The van der Waals surface area contributed by atoms with Crippen molar-refractivity contribution in [2.75, 3.05) is 5.32 Å². The number of nitrogens with zero attached hydrogens (tertiary/aromatic N) is 3. The van der Waals surface area contributed by atoms with Crippen LogP contribution in [0.3, 0.4) is 0 Å². The summed E-state index contributed by atoms with van der Waals surface area (Å²) in [6, 6.07) is 16.3. The molecular formula is C21H17FN4O. The molecular weight excluding hydrogens is 343 g/mol. The highest BCUT2D eigenvalue weighted by Gasteiger charge is 2.13. The third-order valence-electron chi connectivity index (χ3n) is 4.29. The van der Waals surface area contributed by atoms with Crippen molar-refractivity contribution in [2.24, 2.45) is 0 Å². The number of hydrogen-bond acceptors (Lipinski definition) is 3. The van der Waals surface area contributed by atoms with Gasteiger partial charge in [0.1, 0.15) is 5.82 Å². The molecule has 2 aromatic heterocycles. The second-order valence-electron chi connectivity index (χ2n) is 6.36. The molecule has 0 aliphatic carbocycles. The predicted molar refractivity (Wildman–Crippen MR) is 102 cm³/mol. The van der Waals surface area contributed by atoms with E-state index in [1.165, 1.54) is 12.3 Å². The van der Waals surface area contributed by atoms with Crippen molar-refractivity contribution >= 4 is 22.6 Å². The van der Waals surface area contributed by atoms with E-state index in [9.17, 15) is 9.18 Å². The van der Waals surface area contributed by atoms with Gasteiger partial charge >= 0.3 is 0 Å². The molecule has 0 spiro atoms. The lowest BCUT2D eigenvalue weighted by Gasteiger charge is -2.07. The number of hydrogen-bond donors (Lipinski definition) is 1. The molecule has 4 aromatic rings. The van der Waals surface area contributed by atoms with Gasteiger partial charge in [-0.2, -0.15) is 5.10 Å². The third-order valence-corrected chi connectivity index (χ3v) is 4.29. The van der Waals surface area contributed by atoms with Crippen molar-refractivity contribution in [1.82, 2.24) is 14.8 Å². The first kappa shape index (κ1) is 16.9. The van der Waals surface area contributed by atoms with E-state index in [0.29, 0.717) is 17.8 Å². The predicted octanol–water partition coefficient (Wildman–Crippen LogP) is 4.18. The number of amides is 1. The largest absolute Gasteiger partial charge is 0.319 e. The molecule has 0 bridgehead atoms. The van der Waals surface area contributed by atoms with Gasteiger partial charge in [-0.3, -0.25) is 4.79 Å². The van der Waals surface area contributed by atoms with Gasteiger partial charge in [-0.25, -0.2) is 14.1 Å². The fourth-order valence-corrected chi connectivity index (χ4v) is 2.88. The summed E-state index contributed by atoms with van der Waals surface area (Å²) in [5, 5.41) is 7.70. The van der Waals surface area contributed by atoms with Crippen LogP contribution in [0.15, 0.2) is 67.0 Å². The molecule has 4 rings (SSSR count). The number of halogens is 1. The topological polar surface area (TPSA) is 59.8 Å². The maximum Gasteiger partial charge on any atom is 0.257 e. The number of pyridine rings is 1. The van der Waals surface area contributed by atoms with Crippen LogP contribution in [-0.2, 0) is 6.54 Å². The zero-order valence-corrected chi connectivity index (χ0v) is 14.7. The molecule has 1 amide bonds. The summed E-state index contributed by atoms with van der Waals surface area (Å²) in [6.07, 6.45) is 3.15. The zero-order chi connectivity index (χ0) is 18.8. The molecule has 0 radical (unpaired) electrons. The van der Waals surface area contributed by atoms with Crippen LogP contribution in [0.5, 0.6) is 0 Å². The molecule has 6 heteroatoms. The Hall–Kier alpha value is -3.54. The zero-order valence-electron chi connectivity index (χ0n) is 14.7. The van der Waals surface area contributed by atoms with Crippen molar-refractivity contribution in [3.05, 3.63) is 89.5 Å². The standard InChI is InChI=1S/C21H17FN4O/c1-14-7-8-19(18(22)9-14)25-21(27)17-10-16-12-24-26(20(16)23-11-17)13-15-5-3-2-4-6-15/h2-12H,13H2,1H3,(H,25,27). The van der Waals surface area contributed by atoms with E-state index in [2.05, 4.69) is 15.4 Å². The van der Waals surface area contributed by atoms with Crippen molar-refractivity contribution in [2.45, 2.75) is 13.5 Å². The van der Waals surface area contributed by atoms with Gasteiger partial charge in [0.25, 0.3) is 5.91 Å². The Bertz CT molecular complexity index is 1120. The average Bonchev–Trinajstić information content (AvgIpc) is 3.07. The monoisotopic (exact) mass is 360 g/mol. The van der Waals surface area contributed by atoms with E-state index in [1.807, 2.05) is 30.3 Å². The molecule has 0 atom stereocenters. The first-order valence-electron chi connectivity index (χ1n) is 8.53. The van der Waals surface area contributed by atoms with Crippen LogP contribution in [0.1, 0.15) is 21.5 Å². The number of aryl methyl sites for hydroxylation is 1. The molecule has 0 aliphatic rings. The smallest absolute Gasteiger partial charge is 0.257 e. The normalized spacial score (nSPS) is 10.9. The maximum absolute atomic E-state index is 13.9. The Kier molecular flexibility index (Phi) is 4.38. The number of carbonyl (C=O) groups is 1. The summed E-state index contributed by atoms with van der Waals surface area (Å²) < 4.78 is 15.7. The van der Waals surface area contributed by atoms with E-state index in [1.54, 1.807) is 36.0 Å². The third kappa shape index (κ3) is 3.55. The van der Waals surface area contributed by atoms with Gasteiger partial charge in [0.2, 0.25) is 0 Å². The highest BCUT2D eigenvalue weighted by molar-refractivity contribution is 6.05. The van der Waals surface area contributed by atoms with Crippen molar-refractivity contribution < 1.29 is 9.18 Å². The van der Waals surface area contributed by atoms with E-state index in [0.717, 1.165) is 16.5 Å². The molecule has 1 N–H and O–H groups in total. The molecule has 2 aromatic carbocycles. The number of rotatable bonds is 4. The van der Waals surface area contributed by atoms with Gasteiger partial charge in [-0.15, -0.1) is 0 Å². The molecule has 0 unspecified atom stereocenters. The van der Waals surface area contributed by atoms with Crippen molar-refractivity contribution in [3.63, 3.8) is 0 Å². The molecule has 134 valence electrons. The van der Waals surface area contributed by atoms with Crippen LogP contribution < -0.4 is 5.32 Å². The Labute approximate surface area is 155 Å². The van der Waals surface area contributed by atoms with Gasteiger partial charge in [0, 0.05) is 11.6 Å². The summed E-state index contributed by atoms with van der Waals surface area (Å²) in [7, 11) is 0. The SMILES string of the molecule is Cc1ccc(NC(=O)c2cnc3c(cnn3Cc3ccccc3)c2)c(F)c1. The van der Waals surface area contributed by atoms with E-state index in [4.69, 9.17) is 0 Å². The summed E-state index contributed by atoms with van der Waals surface area (Å²) in [5.41, 5.74) is 3.09. The van der Waals surface area contributed by atoms with Crippen LogP contribution in [0.4, 0.5) is 10.1 Å². The maximum atomic E-state index is 13.9. The fourth-order valence-electron chi connectivity index (χ4n) is 2.88. The fraction of sp³-hybridized carbons (Fsp3) is 0.0952. The molecule has 5 nitrogen and oxygen atoms in total. The van der Waals surface area contributed by atoms with Crippen LogP contribution >= 0.6 is 0 Å². The van der Waals surface area contributed by atoms with Crippen LogP contribution in [0, 0.1) is 12.7 Å². The Morgan fingerprint density at radius 1 is 1.11 bits per heavy atom. The van der Waals surface area contributed by atoms with Gasteiger partial charge in [0.15, 0.2) is 5.65 Å². The van der Waals surface area contributed by atoms with Gasteiger partial charge < -0.3 is 5.32 Å². The van der Waals surface area contributed by atoms with Gasteiger partial charge in [0.05, 0.1) is 24.0 Å². The molecule has 0 saturated heterocycles. The molecule has 0 saturated carbocycles. The lowest BCUT2D eigenvalue weighted by molar-refractivity contribution is 0.102. The summed E-state index contributed by atoms with van der Waals surface area (Å²) >= 11 is 0. The number of fused-ring (bicyclic) bond motifs is 1. The summed E-state index contributed by atoms with van der Waals surface area (Å²) in [4.78, 5) is 16.8. The highest BCUT2D eigenvalue weighted by Crippen LogP contribution is 2.18. The molecule has 0 aliphatic heterocycles. The van der Waals surface area contributed by atoms with Crippen LogP contribution in [-0.4, -0.2) is 20.7 Å². The second kappa shape index (κ2) is 6.99. The first-order chi connectivity index (χ1) is 13.1. The minimum atomic E-state index is -0.465. The average molecular weight is 360 g/mol. The van der Waals surface area contributed by atoms with Crippen molar-refractivity contribution in [3.8, 4) is 0 Å². The number of aromatic nitrogens is 3. The number of carbonyl (C=O) groups excluding carboxylic acids is 1. The lowest BCUT2D eigenvalue weighted by atomic mass is 10.2. The van der Waals surface area contributed by atoms with E-state index < -0.39 is 11.7 Å². The molecule has 0 fully saturated rings. The van der Waals surface area contributed by atoms with Gasteiger partial charge in [-0.05, 0) is 36.2 Å². The Morgan fingerprint density at radius 2 is 1.93 bits per heavy atom.